The van der Waals surface area contributed by atoms with Gasteiger partial charge in [0.2, 0.25) is 0 Å². The van der Waals surface area contributed by atoms with Gasteiger partial charge in [-0.05, 0) is 5.92 Å². The lowest BCUT2D eigenvalue weighted by atomic mass is 9.99. The van der Waals surface area contributed by atoms with Crippen molar-refractivity contribution in [2.75, 3.05) is 27.3 Å². The van der Waals surface area contributed by atoms with Crippen LogP contribution in [0.25, 0.3) is 0 Å². The zero-order valence-electron chi connectivity index (χ0n) is 13.5. The SMILES string of the molecule is COc1cc(C(=O)N2C[C@@H](C)[C@H](C(=O)O)C2)c([N+](=O)[O-])cc1OC. The number of likely N-dealkylation sites (tertiary alicyclic amines) is 1. The third-order valence-corrected chi connectivity index (χ3v) is 4.15. The first-order chi connectivity index (χ1) is 11.3. The van der Waals surface area contributed by atoms with Crippen LogP contribution >= 0.6 is 0 Å². The van der Waals surface area contributed by atoms with Crippen LogP contribution in [0.4, 0.5) is 5.69 Å². The number of hydrogen-bond acceptors (Lipinski definition) is 6. The van der Waals surface area contributed by atoms with Crippen molar-refractivity contribution in [1.29, 1.82) is 0 Å². The van der Waals surface area contributed by atoms with E-state index in [1.165, 1.54) is 25.2 Å². The number of carboxylic acid groups (broad SMARTS) is 1. The second-order valence-electron chi connectivity index (χ2n) is 5.61. The lowest BCUT2D eigenvalue weighted by molar-refractivity contribution is -0.385. The van der Waals surface area contributed by atoms with Crippen molar-refractivity contribution in [3.63, 3.8) is 0 Å². The van der Waals surface area contributed by atoms with Crippen LogP contribution in [-0.2, 0) is 4.79 Å². The average Bonchev–Trinajstić information content (AvgIpc) is 2.94. The van der Waals surface area contributed by atoms with Gasteiger partial charge in [-0.3, -0.25) is 19.7 Å². The van der Waals surface area contributed by atoms with E-state index in [0.717, 1.165) is 6.07 Å². The molecule has 2 atom stereocenters. The summed E-state index contributed by atoms with van der Waals surface area (Å²) in [7, 11) is 2.69. The largest absolute Gasteiger partial charge is 0.493 e. The molecule has 1 saturated heterocycles. The van der Waals surface area contributed by atoms with Gasteiger partial charge < -0.3 is 19.5 Å². The van der Waals surface area contributed by atoms with E-state index in [0.29, 0.717) is 0 Å². The number of carbonyl (C=O) groups excluding carboxylic acids is 1. The highest BCUT2D eigenvalue weighted by atomic mass is 16.6. The normalized spacial score (nSPS) is 19.9. The van der Waals surface area contributed by atoms with E-state index in [9.17, 15) is 19.7 Å². The number of benzene rings is 1. The summed E-state index contributed by atoms with van der Waals surface area (Å²) in [6.07, 6.45) is 0. The summed E-state index contributed by atoms with van der Waals surface area (Å²) in [5, 5.41) is 20.5. The van der Waals surface area contributed by atoms with Crippen LogP contribution in [0, 0.1) is 22.0 Å². The zero-order valence-corrected chi connectivity index (χ0v) is 13.5. The average molecular weight is 338 g/mol. The van der Waals surface area contributed by atoms with Crippen LogP contribution in [0.2, 0.25) is 0 Å². The van der Waals surface area contributed by atoms with E-state index < -0.39 is 28.4 Å². The standard InChI is InChI=1S/C15H18N2O7/c1-8-6-16(7-10(8)15(19)20)14(18)9-4-12(23-2)13(24-3)5-11(9)17(21)22/h4-5,8,10H,6-7H2,1-3H3,(H,19,20)/t8-,10-/m1/s1. The molecule has 0 radical (unpaired) electrons. The molecule has 0 spiro atoms. The van der Waals surface area contributed by atoms with Gasteiger partial charge in [-0.25, -0.2) is 0 Å². The fourth-order valence-corrected chi connectivity index (χ4v) is 2.82. The first-order valence-corrected chi connectivity index (χ1v) is 7.22. The summed E-state index contributed by atoms with van der Waals surface area (Å²) < 4.78 is 10.1. The molecule has 130 valence electrons. The predicted octanol–water partition coefficient (Wildman–Crippen LogP) is 1.40. The summed E-state index contributed by atoms with van der Waals surface area (Å²) in [6, 6.07) is 2.37. The molecule has 1 aliphatic heterocycles. The minimum Gasteiger partial charge on any atom is -0.493 e. The topological polar surface area (TPSA) is 119 Å². The maximum atomic E-state index is 12.7. The molecule has 1 aromatic carbocycles. The maximum Gasteiger partial charge on any atom is 0.308 e. The van der Waals surface area contributed by atoms with Crippen molar-refractivity contribution in [2.45, 2.75) is 6.92 Å². The molecule has 24 heavy (non-hydrogen) atoms. The fraction of sp³-hybridized carbons (Fsp3) is 0.467. The molecule has 0 saturated carbocycles. The highest BCUT2D eigenvalue weighted by Crippen LogP contribution is 2.36. The van der Waals surface area contributed by atoms with Crippen LogP contribution in [0.3, 0.4) is 0 Å². The lowest BCUT2D eigenvalue weighted by Crippen LogP contribution is -2.30. The number of hydrogen-bond donors (Lipinski definition) is 1. The van der Waals surface area contributed by atoms with E-state index in [1.54, 1.807) is 6.92 Å². The highest BCUT2D eigenvalue weighted by molar-refractivity contribution is 5.99. The smallest absolute Gasteiger partial charge is 0.308 e. The van der Waals surface area contributed by atoms with Gasteiger partial charge in [0, 0.05) is 19.2 Å². The number of carbonyl (C=O) groups is 2. The van der Waals surface area contributed by atoms with Gasteiger partial charge in [-0.1, -0.05) is 6.92 Å². The number of amides is 1. The van der Waals surface area contributed by atoms with Gasteiger partial charge in [-0.2, -0.15) is 0 Å². The highest BCUT2D eigenvalue weighted by Gasteiger charge is 2.39. The summed E-state index contributed by atoms with van der Waals surface area (Å²) >= 11 is 0. The van der Waals surface area contributed by atoms with E-state index in [1.807, 2.05) is 0 Å². The van der Waals surface area contributed by atoms with Gasteiger partial charge in [0.15, 0.2) is 11.5 Å². The number of nitrogens with zero attached hydrogens (tertiary/aromatic N) is 2. The molecule has 2 rings (SSSR count). The number of methoxy groups -OCH3 is 2. The Bertz CT molecular complexity index is 689. The van der Waals surface area contributed by atoms with Crippen LogP contribution in [0.5, 0.6) is 11.5 Å². The molecular formula is C15H18N2O7. The molecule has 0 aliphatic carbocycles. The number of rotatable bonds is 5. The third-order valence-electron chi connectivity index (χ3n) is 4.15. The van der Waals surface area contributed by atoms with Crippen LogP contribution < -0.4 is 9.47 Å². The monoisotopic (exact) mass is 338 g/mol. The van der Waals surface area contributed by atoms with Crippen molar-refractivity contribution >= 4 is 17.6 Å². The van der Waals surface area contributed by atoms with Gasteiger partial charge >= 0.3 is 5.97 Å². The second kappa shape index (κ2) is 6.73. The Labute approximate surface area is 137 Å². The van der Waals surface area contributed by atoms with Crippen molar-refractivity contribution in [2.24, 2.45) is 11.8 Å². The minimum absolute atomic E-state index is 0.0147. The van der Waals surface area contributed by atoms with E-state index in [4.69, 9.17) is 14.6 Å². The summed E-state index contributed by atoms with van der Waals surface area (Å²) in [4.78, 5) is 35.8. The molecule has 1 amide bonds. The Balaban J connectivity index is 2.42. The number of aliphatic carboxylic acids is 1. The molecule has 0 bridgehead atoms. The van der Waals surface area contributed by atoms with E-state index in [2.05, 4.69) is 0 Å². The Kier molecular flexibility index (Phi) is 4.91. The van der Waals surface area contributed by atoms with Crippen LogP contribution in [-0.4, -0.2) is 54.1 Å². The van der Waals surface area contributed by atoms with Gasteiger partial charge in [0.25, 0.3) is 11.6 Å². The maximum absolute atomic E-state index is 12.7. The zero-order chi connectivity index (χ0) is 18.0. The lowest BCUT2D eigenvalue weighted by Gasteiger charge is -2.17. The molecule has 9 heteroatoms. The number of ether oxygens (including phenoxy) is 2. The van der Waals surface area contributed by atoms with E-state index >= 15 is 0 Å². The van der Waals surface area contributed by atoms with Crippen molar-refractivity contribution in [3.05, 3.63) is 27.8 Å². The fourth-order valence-electron chi connectivity index (χ4n) is 2.82. The Morgan fingerprint density at radius 3 is 2.29 bits per heavy atom. The summed E-state index contributed by atoms with van der Waals surface area (Å²) in [6.45, 7) is 1.97. The van der Waals surface area contributed by atoms with Gasteiger partial charge in [0.1, 0.15) is 5.56 Å². The molecule has 1 heterocycles. The molecule has 0 aromatic heterocycles. The molecule has 1 fully saturated rings. The Morgan fingerprint density at radius 2 is 1.83 bits per heavy atom. The Morgan fingerprint density at radius 1 is 1.25 bits per heavy atom. The van der Waals surface area contributed by atoms with Crippen LogP contribution in [0.1, 0.15) is 17.3 Å². The predicted molar refractivity (Wildman–Crippen MR) is 82.4 cm³/mol. The molecular weight excluding hydrogens is 320 g/mol. The van der Waals surface area contributed by atoms with Crippen molar-refractivity contribution < 1.29 is 29.1 Å². The second-order valence-corrected chi connectivity index (χ2v) is 5.61. The molecule has 1 aliphatic rings. The molecule has 1 N–H and O–H groups in total. The van der Waals surface area contributed by atoms with Gasteiger partial charge in [-0.15, -0.1) is 0 Å². The molecule has 9 nitrogen and oxygen atoms in total. The summed E-state index contributed by atoms with van der Waals surface area (Å²) in [5.41, 5.74) is -0.569. The summed E-state index contributed by atoms with van der Waals surface area (Å²) in [5.74, 6) is -2.18. The quantitative estimate of drug-likeness (QED) is 0.636. The number of carboxylic acids is 1. The van der Waals surface area contributed by atoms with E-state index in [-0.39, 0.29) is 36.1 Å². The van der Waals surface area contributed by atoms with Crippen molar-refractivity contribution in [1.82, 2.24) is 4.90 Å². The third kappa shape index (κ3) is 3.10. The van der Waals surface area contributed by atoms with Gasteiger partial charge in [0.05, 0.1) is 31.1 Å². The van der Waals surface area contributed by atoms with Crippen LogP contribution in [0.15, 0.2) is 12.1 Å². The number of nitro benzene ring substituents is 1. The number of nitro groups is 1. The Hall–Kier alpha value is -2.84. The van der Waals surface area contributed by atoms with Crippen molar-refractivity contribution in [3.8, 4) is 11.5 Å². The first kappa shape index (κ1) is 17.5. The molecule has 1 aromatic rings. The minimum atomic E-state index is -0.986. The first-order valence-electron chi connectivity index (χ1n) is 7.22. The molecule has 0 unspecified atom stereocenters.